The third-order valence-corrected chi connectivity index (χ3v) is 3.61. The van der Waals surface area contributed by atoms with Gasteiger partial charge in [0.15, 0.2) is 0 Å². The first kappa shape index (κ1) is 16.5. The molecule has 0 heterocycles. The molecule has 4 N–H and O–H groups in total. The molecule has 0 radical (unpaired) electrons. The maximum absolute atomic E-state index is 11.7. The van der Waals surface area contributed by atoms with E-state index in [2.05, 4.69) is 5.32 Å². The number of amides is 2. The molecular weight excluding hydrogens is 304 g/mol. The zero-order chi connectivity index (χ0) is 15.1. The van der Waals surface area contributed by atoms with E-state index in [1.165, 1.54) is 6.07 Å². The predicted octanol–water partition coefficient (Wildman–Crippen LogP) is 0.741. The van der Waals surface area contributed by atoms with Crippen molar-refractivity contribution in [2.75, 3.05) is 11.5 Å². The summed E-state index contributed by atoms with van der Waals surface area (Å²) in [6.07, 6.45) is 0. The van der Waals surface area contributed by atoms with Gasteiger partial charge in [0, 0.05) is 5.75 Å². The van der Waals surface area contributed by atoms with Gasteiger partial charge in [-0.2, -0.15) is 0 Å². The van der Waals surface area contributed by atoms with Gasteiger partial charge >= 0.3 is 5.97 Å². The molecule has 2 amide bonds. The Balaban J connectivity index is 2.41. The van der Waals surface area contributed by atoms with E-state index < -0.39 is 23.8 Å². The number of halogens is 1. The highest BCUT2D eigenvalue weighted by atomic mass is 35.5. The Labute approximate surface area is 124 Å². The lowest BCUT2D eigenvalue weighted by Gasteiger charge is -2.07. The third-order valence-electron chi connectivity index (χ3n) is 2.22. The van der Waals surface area contributed by atoms with Crippen molar-refractivity contribution in [3.8, 4) is 0 Å². The number of carboxylic acid groups (broad SMARTS) is 1. The number of carboxylic acids is 1. The van der Waals surface area contributed by atoms with Gasteiger partial charge in [-0.15, -0.1) is 11.8 Å². The predicted molar refractivity (Wildman–Crippen MR) is 76.9 cm³/mol. The molecule has 108 valence electrons. The molecule has 1 rings (SSSR count). The van der Waals surface area contributed by atoms with E-state index in [1.807, 2.05) is 0 Å². The maximum atomic E-state index is 11.7. The van der Waals surface area contributed by atoms with Crippen LogP contribution in [-0.2, 0) is 9.59 Å². The van der Waals surface area contributed by atoms with Crippen LogP contribution in [0.1, 0.15) is 10.4 Å². The number of carbonyl (C=O) groups excluding carboxylic acids is 2. The number of nitrogens with two attached hydrogens (primary N) is 1. The molecule has 8 heteroatoms. The fourth-order valence-corrected chi connectivity index (χ4v) is 2.22. The topological polar surface area (TPSA) is 109 Å². The first-order valence-corrected chi connectivity index (χ1v) is 7.10. The van der Waals surface area contributed by atoms with Crippen molar-refractivity contribution in [2.24, 2.45) is 5.73 Å². The minimum absolute atomic E-state index is 0.0584. The zero-order valence-corrected chi connectivity index (χ0v) is 11.9. The van der Waals surface area contributed by atoms with Crippen molar-refractivity contribution in [3.63, 3.8) is 0 Å². The lowest BCUT2D eigenvalue weighted by molar-refractivity contribution is -0.138. The monoisotopic (exact) mass is 316 g/mol. The normalized spacial score (nSPS) is 11.7. The highest BCUT2D eigenvalue weighted by Gasteiger charge is 2.15. The minimum Gasteiger partial charge on any atom is -0.480 e. The van der Waals surface area contributed by atoms with Crippen molar-refractivity contribution < 1.29 is 19.5 Å². The van der Waals surface area contributed by atoms with Gasteiger partial charge in [0.2, 0.25) is 5.91 Å². The van der Waals surface area contributed by atoms with Crippen LogP contribution in [0, 0.1) is 0 Å². The molecule has 0 fully saturated rings. The van der Waals surface area contributed by atoms with Crippen LogP contribution in [0.5, 0.6) is 0 Å². The summed E-state index contributed by atoms with van der Waals surface area (Å²) in [4.78, 5) is 33.7. The summed E-state index contributed by atoms with van der Waals surface area (Å²) in [6, 6.07) is 5.31. The highest BCUT2D eigenvalue weighted by Crippen LogP contribution is 2.14. The van der Waals surface area contributed by atoms with Gasteiger partial charge in [-0.1, -0.05) is 23.7 Å². The van der Waals surface area contributed by atoms with Crippen LogP contribution in [0.15, 0.2) is 24.3 Å². The second-order valence-electron chi connectivity index (χ2n) is 3.82. The Kier molecular flexibility index (Phi) is 6.50. The van der Waals surface area contributed by atoms with Gasteiger partial charge in [-0.3, -0.25) is 19.7 Å². The van der Waals surface area contributed by atoms with Gasteiger partial charge in [-0.05, 0) is 12.1 Å². The van der Waals surface area contributed by atoms with E-state index in [1.54, 1.807) is 18.2 Å². The first-order valence-electron chi connectivity index (χ1n) is 5.56. The number of rotatable bonds is 6. The van der Waals surface area contributed by atoms with Crippen LogP contribution in [0.4, 0.5) is 0 Å². The summed E-state index contributed by atoms with van der Waals surface area (Å²) in [5, 5.41) is 11.0. The van der Waals surface area contributed by atoms with E-state index in [9.17, 15) is 14.4 Å². The first-order chi connectivity index (χ1) is 9.41. The Morgan fingerprint density at radius 3 is 2.60 bits per heavy atom. The number of nitrogens with one attached hydrogen (secondary N) is 1. The number of hydrogen-bond donors (Lipinski definition) is 3. The van der Waals surface area contributed by atoms with Crippen LogP contribution in [0.2, 0.25) is 5.02 Å². The standard InChI is InChI=1S/C12H13ClN2O4S/c13-8-4-2-1-3-7(8)11(17)15-10(16)6-20-5-9(14)12(18)19/h1-4,9H,5-6,14H2,(H,18,19)(H,15,16,17)/t9-/m1/s1. The fourth-order valence-electron chi connectivity index (χ4n) is 1.23. The van der Waals surface area contributed by atoms with Crippen LogP contribution in [-0.4, -0.2) is 40.4 Å². The molecule has 0 saturated heterocycles. The van der Waals surface area contributed by atoms with Crippen molar-refractivity contribution in [1.82, 2.24) is 5.32 Å². The second-order valence-corrected chi connectivity index (χ2v) is 5.25. The summed E-state index contributed by atoms with van der Waals surface area (Å²) < 4.78 is 0. The Morgan fingerprint density at radius 1 is 1.35 bits per heavy atom. The number of thioether (sulfide) groups is 1. The molecule has 1 atom stereocenters. The lowest BCUT2D eigenvalue weighted by atomic mass is 10.2. The van der Waals surface area contributed by atoms with Gasteiger partial charge in [0.25, 0.3) is 5.91 Å². The van der Waals surface area contributed by atoms with Gasteiger partial charge < -0.3 is 10.8 Å². The van der Waals surface area contributed by atoms with Crippen molar-refractivity contribution in [2.45, 2.75) is 6.04 Å². The fraction of sp³-hybridized carbons (Fsp3) is 0.250. The minimum atomic E-state index is -1.13. The number of aliphatic carboxylic acids is 1. The van der Waals surface area contributed by atoms with Crippen molar-refractivity contribution in [1.29, 1.82) is 0 Å². The molecule has 0 bridgehead atoms. The molecule has 20 heavy (non-hydrogen) atoms. The van der Waals surface area contributed by atoms with Crippen molar-refractivity contribution >= 4 is 41.1 Å². The Bertz CT molecular complexity index is 524. The van der Waals surface area contributed by atoms with Gasteiger partial charge in [0.05, 0.1) is 16.3 Å². The Hall–Kier alpha value is -1.57. The van der Waals surface area contributed by atoms with Gasteiger partial charge in [0.1, 0.15) is 6.04 Å². The summed E-state index contributed by atoms with van der Waals surface area (Å²) in [6.45, 7) is 0. The Morgan fingerprint density at radius 2 is 2.00 bits per heavy atom. The van der Waals surface area contributed by atoms with E-state index in [0.717, 1.165) is 11.8 Å². The molecule has 6 nitrogen and oxygen atoms in total. The largest absolute Gasteiger partial charge is 0.480 e. The average molecular weight is 317 g/mol. The third kappa shape index (κ3) is 5.20. The van der Waals surface area contributed by atoms with Crippen LogP contribution >= 0.6 is 23.4 Å². The lowest BCUT2D eigenvalue weighted by Crippen LogP contribution is -2.35. The molecule has 0 unspecified atom stereocenters. The summed E-state index contributed by atoms with van der Waals surface area (Å²) in [5.41, 5.74) is 5.48. The highest BCUT2D eigenvalue weighted by molar-refractivity contribution is 8.00. The smallest absolute Gasteiger partial charge is 0.321 e. The molecular formula is C12H13ClN2O4S. The van der Waals surface area contributed by atoms with Crippen LogP contribution in [0.25, 0.3) is 0 Å². The molecule has 1 aromatic rings. The molecule has 0 spiro atoms. The molecule has 0 aliphatic heterocycles. The quantitative estimate of drug-likeness (QED) is 0.714. The van der Waals surface area contributed by atoms with E-state index in [0.29, 0.717) is 0 Å². The molecule has 1 aromatic carbocycles. The van der Waals surface area contributed by atoms with Crippen LogP contribution in [0.3, 0.4) is 0 Å². The molecule has 0 saturated carbocycles. The number of hydrogen-bond acceptors (Lipinski definition) is 5. The number of benzene rings is 1. The maximum Gasteiger partial charge on any atom is 0.321 e. The summed E-state index contributed by atoms with van der Waals surface area (Å²) in [7, 11) is 0. The van der Waals surface area contributed by atoms with Gasteiger partial charge in [-0.25, -0.2) is 0 Å². The molecule has 0 aliphatic carbocycles. The molecule has 0 aliphatic rings. The zero-order valence-electron chi connectivity index (χ0n) is 10.3. The van der Waals surface area contributed by atoms with E-state index in [4.69, 9.17) is 22.4 Å². The molecule has 0 aromatic heterocycles. The second kappa shape index (κ2) is 7.88. The van der Waals surface area contributed by atoms with Crippen molar-refractivity contribution in [3.05, 3.63) is 34.9 Å². The van der Waals surface area contributed by atoms with Crippen LogP contribution < -0.4 is 11.1 Å². The summed E-state index contributed by atoms with van der Waals surface area (Å²) in [5.74, 6) is -2.23. The van der Waals surface area contributed by atoms with E-state index in [-0.39, 0.29) is 22.1 Å². The summed E-state index contributed by atoms with van der Waals surface area (Å²) >= 11 is 6.86. The van der Waals surface area contributed by atoms with E-state index >= 15 is 0 Å². The number of carbonyl (C=O) groups is 3. The number of imide groups is 1. The average Bonchev–Trinajstić information content (AvgIpc) is 2.38. The SMILES string of the molecule is N[C@H](CSCC(=O)NC(=O)c1ccccc1Cl)C(=O)O.